The Morgan fingerprint density at radius 2 is 2.37 bits per heavy atom. The first-order valence-electron chi connectivity index (χ1n) is 6.18. The molecule has 0 saturated heterocycles. The average Bonchev–Trinajstić information content (AvgIpc) is 2.86. The molecule has 0 amide bonds. The Bertz CT molecular complexity index is 636. The Balaban J connectivity index is 1.98. The van der Waals surface area contributed by atoms with Crippen LogP contribution in [-0.2, 0) is 6.54 Å². The molecular weight excluding hydrogens is 308 g/mol. The monoisotopic (exact) mass is 320 g/mol. The number of Topliss-reactive ketones (excluding diaryl/α,β-unsaturated/α-hetero) is 1. The SMILES string of the molecule is CCn1cncc1C1CC(=O)c2ccc(Br)cc2O1. The maximum Gasteiger partial charge on any atom is 0.170 e. The predicted molar refractivity (Wildman–Crippen MR) is 74.4 cm³/mol. The van der Waals surface area contributed by atoms with Crippen molar-refractivity contribution in [2.24, 2.45) is 0 Å². The van der Waals surface area contributed by atoms with Gasteiger partial charge in [0.2, 0.25) is 0 Å². The van der Waals surface area contributed by atoms with Gasteiger partial charge in [-0.1, -0.05) is 15.9 Å². The molecule has 0 bridgehead atoms. The number of carbonyl (C=O) groups excluding carboxylic acids is 1. The van der Waals surface area contributed by atoms with Crippen molar-refractivity contribution in [1.29, 1.82) is 0 Å². The number of rotatable bonds is 2. The molecule has 4 nitrogen and oxygen atoms in total. The maximum absolute atomic E-state index is 12.2. The van der Waals surface area contributed by atoms with Crippen LogP contribution in [0.3, 0.4) is 0 Å². The van der Waals surface area contributed by atoms with E-state index < -0.39 is 0 Å². The summed E-state index contributed by atoms with van der Waals surface area (Å²) in [5, 5.41) is 0. The van der Waals surface area contributed by atoms with Crippen molar-refractivity contribution in [3.8, 4) is 5.75 Å². The first kappa shape index (κ1) is 12.4. The van der Waals surface area contributed by atoms with Gasteiger partial charge < -0.3 is 9.30 Å². The Hall–Kier alpha value is -1.62. The van der Waals surface area contributed by atoms with E-state index in [0.29, 0.717) is 17.7 Å². The number of hydrogen-bond acceptors (Lipinski definition) is 3. The predicted octanol–water partition coefficient (Wildman–Crippen LogP) is 3.37. The second kappa shape index (κ2) is 4.81. The van der Waals surface area contributed by atoms with Crippen LogP contribution in [0, 0.1) is 0 Å². The summed E-state index contributed by atoms with van der Waals surface area (Å²) in [6.07, 6.45) is 3.64. The Morgan fingerprint density at radius 1 is 1.53 bits per heavy atom. The van der Waals surface area contributed by atoms with Crippen molar-refractivity contribution in [3.05, 3.63) is 46.5 Å². The molecule has 1 atom stereocenters. The normalized spacial score (nSPS) is 18.0. The fraction of sp³-hybridized carbons (Fsp3) is 0.286. The number of nitrogens with zero attached hydrogens (tertiary/aromatic N) is 2. The lowest BCUT2D eigenvalue weighted by Gasteiger charge is -2.25. The van der Waals surface area contributed by atoms with Crippen molar-refractivity contribution in [3.63, 3.8) is 0 Å². The summed E-state index contributed by atoms with van der Waals surface area (Å²) < 4.78 is 8.87. The van der Waals surface area contributed by atoms with Gasteiger partial charge in [0.25, 0.3) is 0 Å². The van der Waals surface area contributed by atoms with E-state index in [1.165, 1.54) is 0 Å². The van der Waals surface area contributed by atoms with Crippen LogP contribution in [0.2, 0.25) is 0 Å². The van der Waals surface area contributed by atoms with E-state index in [9.17, 15) is 4.79 Å². The zero-order chi connectivity index (χ0) is 13.4. The molecule has 0 N–H and O–H groups in total. The van der Waals surface area contributed by atoms with Crippen LogP contribution in [0.5, 0.6) is 5.75 Å². The molecule has 1 aromatic heterocycles. The average molecular weight is 321 g/mol. The quantitative estimate of drug-likeness (QED) is 0.852. The molecule has 98 valence electrons. The third kappa shape index (κ3) is 2.18. The molecule has 3 rings (SSSR count). The van der Waals surface area contributed by atoms with Crippen LogP contribution < -0.4 is 4.74 Å². The molecule has 1 aromatic carbocycles. The molecule has 19 heavy (non-hydrogen) atoms. The summed E-state index contributed by atoms with van der Waals surface area (Å²) in [6, 6.07) is 5.50. The number of aromatic nitrogens is 2. The van der Waals surface area contributed by atoms with Crippen molar-refractivity contribution in [2.45, 2.75) is 26.0 Å². The number of fused-ring (bicyclic) bond motifs is 1. The Labute approximate surface area is 119 Å². The minimum Gasteiger partial charge on any atom is -0.483 e. The van der Waals surface area contributed by atoms with Gasteiger partial charge in [-0.15, -0.1) is 0 Å². The maximum atomic E-state index is 12.2. The molecule has 0 fully saturated rings. The fourth-order valence-corrected chi connectivity index (χ4v) is 2.67. The number of ketones is 1. The van der Waals surface area contributed by atoms with Crippen LogP contribution in [0.4, 0.5) is 0 Å². The van der Waals surface area contributed by atoms with Gasteiger partial charge in [0, 0.05) is 11.0 Å². The van der Waals surface area contributed by atoms with Gasteiger partial charge >= 0.3 is 0 Å². The smallest absolute Gasteiger partial charge is 0.170 e. The number of benzene rings is 1. The number of aryl methyl sites for hydroxylation is 1. The zero-order valence-corrected chi connectivity index (χ0v) is 12.1. The summed E-state index contributed by atoms with van der Waals surface area (Å²) in [4.78, 5) is 16.3. The fourth-order valence-electron chi connectivity index (χ4n) is 2.33. The summed E-state index contributed by atoms with van der Waals surface area (Å²) in [6.45, 7) is 2.86. The number of halogens is 1. The lowest BCUT2D eigenvalue weighted by Crippen LogP contribution is -2.22. The molecule has 1 aliphatic rings. The molecule has 2 aromatic rings. The highest BCUT2D eigenvalue weighted by Crippen LogP contribution is 2.36. The van der Waals surface area contributed by atoms with Gasteiger partial charge in [0.1, 0.15) is 11.9 Å². The van der Waals surface area contributed by atoms with Gasteiger partial charge in [-0.2, -0.15) is 0 Å². The second-order valence-corrected chi connectivity index (χ2v) is 5.39. The second-order valence-electron chi connectivity index (χ2n) is 4.48. The van der Waals surface area contributed by atoms with E-state index in [-0.39, 0.29) is 11.9 Å². The highest BCUT2D eigenvalue weighted by molar-refractivity contribution is 9.10. The molecule has 0 saturated carbocycles. The van der Waals surface area contributed by atoms with Crippen LogP contribution in [0.15, 0.2) is 35.2 Å². The topological polar surface area (TPSA) is 44.1 Å². The van der Waals surface area contributed by atoms with Gasteiger partial charge in [-0.25, -0.2) is 4.98 Å². The van der Waals surface area contributed by atoms with E-state index in [1.807, 2.05) is 23.6 Å². The molecule has 5 heteroatoms. The number of ether oxygens (including phenoxy) is 1. The molecule has 2 heterocycles. The molecule has 0 spiro atoms. The van der Waals surface area contributed by atoms with E-state index in [0.717, 1.165) is 16.7 Å². The van der Waals surface area contributed by atoms with Crippen LogP contribution in [0.1, 0.15) is 35.5 Å². The van der Waals surface area contributed by atoms with Gasteiger partial charge in [-0.05, 0) is 25.1 Å². The summed E-state index contributed by atoms with van der Waals surface area (Å²) in [5.41, 5.74) is 1.60. The summed E-state index contributed by atoms with van der Waals surface area (Å²) >= 11 is 3.40. The first-order chi connectivity index (χ1) is 9.19. The summed E-state index contributed by atoms with van der Waals surface area (Å²) in [7, 11) is 0. The van der Waals surface area contributed by atoms with Crippen molar-refractivity contribution in [2.75, 3.05) is 0 Å². The minimum absolute atomic E-state index is 0.114. The van der Waals surface area contributed by atoms with Crippen molar-refractivity contribution in [1.82, 2.24) is 9.55 Å². The van der Waals surface area contributed by atoms with E-state index >= 15 is 0 Å². The zero-order valence-electron chi connectivity index (χ0n) is 10.5. The third-order valence-corrected chi connectivity index (χ3v) is 3.79. The number of imidazole rings is 1. The molecule has 1 unspecified atom stereocenters. The highest BCUT2D eigenvalue weighted by Gasteiger charge is 2.29. The van der Waals surface area contributed by atoms with Gasteiger partial charge in [-0.3, -0.25) is 4.79 Å². The largest absolute Gasteiger partial charge is 0.483 e. The van der Waals surface area contributed by atoms with Gasteiger partial charge in [0.15, 0.2) is 5.78 Å². The van der Waals surface area contributed by atoms with Gasteiger partial charge in [0.05, 0.1) is 30.2 Å². The van der Waals surface area contributed by atoms with Crippen LogP contribution in [0.25, 0.3) is 0 Å². The third-order valence-electron chi connectivity index (χ3n) is 3.30. The Kier molecular flexibility index (Phi) is 3.14. The van der Waals surface area contributed by atoms with E-state index in [2.05, 4.69) is 20.9 Å². The first-order valence-corrected chi connectivity index (χ1v) is 6.97. The standard InChI is InChI=1S/C14H13BrN2O2/c1-2-17-8-16-7-11(17)14-6-12(18)10-4-3-9(15)5-13(10)19-14/h3-5,7-8,14H,2,6H2,1H3. The lowest BCUT2D eigenvalue weighted by atomic mass is 9.99. The summed E-state index contributed by atoms with van der Waals surface area (Å²) in [5.74, 6) is 0.752. The van der Waals surface area contributed by atoms with Crippen molar-refractivity contribution >= 4 is 21.7 Å². The molecular formula is C14H13BrN2O2. The molecule has 0 radical (unpaired) electrons. The van der Waals surface area contributed by atoms with Crippen LogP contribution >= 0.6 is 15.9 Å². The lowest BCUT2D eigenvalue weighted by molar-refractivity contribution is 0.0840. The van der Waals surface area contributed by atoms with E-state index in [1.54, 1.807) is 18.6 Å². The number of carbonyl (C=O) groups is 1. The Morgan fingerprint density at radius 3 is 3.16 bits per heavy atom. The number of hydrogen-bond donors (Lipinski definition) is 0. The molecule has 1 aliphatic heterocycles. The van der Waals surface area contributed by atoms with E-state index in [4.69, 9.17) is 4.74 Å². The van der Waals surface area contributed by atoms with Crippen LogP contribution in [-0.4, -0.2) is 15.3 Å². The van der Waals surface area contributed by atoms with Crippen molar-refractivity contribution < 1.29 is 9.53 Å². The highest BCUT2D eigenvalue weighted by atomic mass is 79.9. The minimum atomic E-state index is -0.253. The molecule has 0 aliphatic carbocycles.